The average Bonchev–Trinajstić information content (AvgIpc) is 3.42. The van der Waals surface area contributed by atoms with Gasteiger partial charge in [-0.15, -0.1) is 0 Å². The molecule has 0 aromatic carbocycles. The molecule has 4 rings (SSSR count). The SMILES string of the molecule is CC1CCC1.CCCc1c(C)nn(-c2nc(C)c(C)c(=O)[nH]2)c1C.CO.O=CNC1CCCC1. The first kappa shape index (κ1) is 29.6. The summed E-state index contributed by atoms with van der Waals surface area (Å²) in [6.45, 7) is 12.1. The van der Waals surface area contributed by atoms with Gasteiger partial charge in [0.15, 0.2) is 0 Å². The second-order valence-electron chi connectivity index (χ2n) is 9.21. The maximum atomic E-state index is 11.8. The van der Waals surface area contributed by atoms with E-state index in [2.05, 4.69) is 34.2 Å². The third kappa shape index (κ3) is 8.70. The number of H-pyrrole nitrogens is 1. The predicted molar refractivity (Wildman–Crippen MR) is 138 cm³/mol. The van der Waals surface area contributed by atoms with Crippen LogP contribution in [0.1, 0.15) is 93.4 Å². The number of amides is 1. The summed E-state index contributed by atoms with van der Waals surface area (Å²) in [6.07, 6.45) is 12.3. The Hall–Kier alpha value is -2.48. The van der Waals surface area contributed by atoms with Crippen molar-refractivity contribution in [1.82, 2.24) is 25.1 Å². The second kappa shape index (κ2) is 15.4. The molecule has 192 valence electrons. The molecule has 8 nitrogen and oxygen atoms in total. The molecule has 2 saturated carbocycles. The van der Waals surface area contributed by atoms with Crippen molar-refractivity contribution in [2.75, 3.05) is 7.11 Å². The van der Waals surface area contributed by atoms with E-state index in [0.717, 1.165) is 49.4 Å². The number of aromatic nitrogens is 4. The highest BCUT2D eigenvalue weighted by Crippen LogP contribution is 2.24. The van der Waals surface area contributed by atoms with Crippen LogP contribution in [0.25, 0.3) is 5.95 Å². The quantitative estimate of drug-likeness (QED) is 0.560. The highest BCUT2D eigenvalue weighted by atomic mass is 16.2. The Morgan fingerprint density at radius 1 is 1.06 bits per heavy atom. The van der Waals surface area contributed by atoms with E-state index in [4.69, 9.17) is 5.11 Å². The van der Waals surface area contributed by atoms with Gasteiger partial charge in [0.05, 0.1) is 5.69 Å². The number of nitrogens with one attached hydrogen (secondary N) is 2. The van der Waals surface area contributed by atoms with Crippen LogP contribution in [0.3, 0.4) is 0 Å². The fourth-order valence-electron chi connectivity index (χ4n) is 4.02. The van der Waals surface area contributed by atoms with Gasteiger partial charge in [0, 0.05) is 30.1 Å². The minimum atomic E-state index is -0.105. The Balaban J connectivity index is 0.000000314. The highest BCUT2D eigenvalue weighted by molar-refractivity contribution is 5.46. The zero-order valence-corrected chi connectivity index (χ0v) is 22.2. The molecule has 0 aliphatic heterocycles. The fraction of sp³-hybridized carbons (Fsp3) is 0.692. The largest absolute Gasteiger partial charge is 0.400 e. The van der Waals surface area contributed by atoms with Gasteiger partial charge in [-0.1, -0.05) is 52.4 Å². The first-order valence-electron chi connectivity index (χ1n) is 12.6. The molecule has 2 heterocycles. The van der Waals surface area contributed by atoms with Crippen LogP contribution < -0.4 is 10.9 Å². The number of nitrogens with zero attached hydrogens (tertiary/aromatic N) is 3. The number of rotatable bonds is 5. The van der Waals surface area contributed by atoms with Gasteiger partial charge >= 0.3 is 0 Å². The molecular formula is C26H45N5O3. The molecule has 0 unspecified atom stereocenters. The lowest BCUT2D eigenvalue weighted by atomic mass is 9.88. The first-order chi connectivity index (χ1) is 16.3. The van der Waals surface area contributed by atoms with Gasteiger partial charge in [-0.2, -0.15) is 5.10 Å². The van der Waals surface area contributed by atoms with Crippen LogP contribution >= 0.6 is 0 Å². The van der Waals surface area contributed by atoms with E-state index in [1.807, 2.05) is 20.8 Å². The lowest BCUT2D eigenvalue weighted by molar-refractivity contribution is -0.110. The molecule has 2 aliphatic carbocycles. The van der Waals surface area contributed by atoms with Crippen molar-refractivity contribution in [1.29, 1.82) is 0 Å². The van der Waals surface area contributed by atoms with E-state index in [1.165, 1.54) is 50.5 Å². The molecule has 0 saturated heterocycles. The van der Waals surface area contributed by atoms with Gasteiger partial charge in [0.1, 0.15) is 0 Å². The molecule has 0 atom stereocenters. The normalized spacial score (nSPS) is 15.1. The van der Waals surface area contributed by atoms with Crippen LogP contribution in [0.2, 0.25) is 0 Å². The van der Waals surface area contributed by atoms with Gasteiger partial charge in [-0.25, -0.2) is 9.67 Å². The summed E-state index contributed by atoms with van der Waals surface area (Å²) in [6, 6.07) is 0.493. The highest BCUT2D eigenvalue weighted by Gasteiger charge is 2.15. The standard InChI is InChI=1S/C14H20N4O.C6H11NO.C5H10.CH4O/c1-6-7-12-10(4)17-18(11(12)5)14-15-9(3)8(2)13(19)16-14;8-5-7-6-3-1-2-4-6;1-5-3-2-4-5;1-2/h6-7H2,1-5H3,(H,15,16,19);5-6H,1-4H2,(H,7,8);5H,2-4H2,1H3;2H,1H3. The smallest absolute Gasteiger partial charge is 0.255 e. The van der Waals surface area contributed by atoms with Crippen molar-refractivity contribution in [2.45, 2.75) is 105 Å². The number of aliphatic hydroxyl groups is 1. The van der Waals surface area contributed by atoms with Gasteiger partial charge in [0.25, 0.3) is 5.56 Å². The van der Waals surface area contributed by atoms with Crippen LogP contribution in [-0.4, -0.2) is 44.4 Å². The van der Waals surface area contributed by atoms with E-state index >= 15 is 0 Å². The maximum absolute atomic E-state index is 11.8. The number of hydrogen-bond acceptors (Lipinski definition) is 5. The van der Waals surface area contributed by atoms with Crippen molar-refractivity contribution in [3.63, 3.8) is 0 Å². The van der Waals surface area contributed by atoms with E-state index in [9.17, 15) is 9.59 Å². The van der Waals surface area contributed by atoms with Gasteiger partial charge in [-0.05, 0) is 58.4 Å². The molecule has 1 amide bonds. The Bertz CT molecular complexity index is 925. The number of carbonyl (C=O) groups is 1. The molecule has 2 aromatic heterocycles. The second-order valence-corrected chi connectivity index (χ2v) is 9.21. The average molecular weight is 476 g/mol. The molecule has 8 heteroatoms. The molecule has 0 radical (unpaired) electrons. The van der Waals surface area contributed by atoms with Crippen molar-refractivity contribution in [2.24, 2.45) is 5.92 Å². The monoisotopic (exact) mass is 475 g/mol. The topological polar surface area (TPSA) is 113 Å². The zero-order chi connectivity index (χ0) is 25.7. The third-order valence-electron chi connectivity index (χ3n) is 6.58. The van der Waals surface area contributed by atoms with Crippen LogP contribution in [0.5, 0.6) is 0 Å². The van der Waals surface area contributed by atoms with Crippen molar-refractivity contribution >= 4 is 6.41 Å². The van der Waals surface area contributed by atoms with Gasteiger partial charge in [-0.3, -0.25) is 14.6 Å². The summed E-state index contributed by atoms with van der Waals surface area (Å²) in [5.41, 5.74) is 4.57. The van der Waals surface area contributed by atoms with Gasteiger partial charge < -0.3 is 10.4 Å². The van der Waals surface area contributed by atoms with E-state index in [-0.39, 0.29) is 5.56 Å². The molecule has 3 N–H and O–H groups in total. The Kier molecular flexibility index (Phi) is 13.4. The van der Waals surface area contributed by atoms with Crippen molar-refractivity contribution < 1.29 is 9.90 Å². The molecule has 2 aromatic rings. The maximum Gasteiger partial charge on any atom is 0.255 e. The van der Waals surface area contributed by atoms with Crippen LogP contribution in [0.15, 0.2) is 4.79 Å². The summed E-state index contributed by atoms with van der Waals surface area (Å²) < 4.78 is 1.73. The Morgan fingerprint density at radius 2 is 1.65 bits per heavy atom. The molecule has 2 fully saturated rings. The third-order valence-corrected chi connectivity index (χ3v) is 6.58. The summed E-state index contributed by atoms with van der Waals surface area (Å²) >= 11 is 0. The lowest BCUT2D eigenvalue weighted by Crippen LogP contribution is -2.23. The van der Waals surface area contributed by atoms with E-state index in [1.54, 1.807) is 11.6 Å². The summed E-state index contributed by atoms with van der Waals surface area (Å²) in [4.78, 5) is 28.9. The van der Waals surface area contributed by atoms with Crippen molar-refractivity contribution in [3.05, 3.63) is 38.6 Å². The predicted octanol–water partition coefficient (Wildman–Crippen LogP) is 4.23. The Morgan fingerprint density at radius 3 is 2.09 bits per heavy atom. The minimum absolute atomic E-state index is 0.105. The number of aryl methyl sites for hydroxylation is 2. The Labute approximate surface area is 204 Å². The van der Waals surface area contributed by atoms with Crippen LogP contribution in [0, 0.1) is 33.6 Å². The van der Waals surface area contributed by atoms with Crippen molar-refractivity contribution in [3.8, 4) is 5.95 Å². The van der Waals surface area contributed by atoms with E-state index < -0.39 is 0 Å². The number of aliphatic hydroxyl groups excluding tert-OH is 1. The van der Waals surface area contributed by atoms with E-state index in [0.29, 0.717) is 17.6 Å². The molecule has 2 aliphatic rings. The number of aromatic amines is 1. The summed E-state index contributed by atoms with van der Waals surface area (Å²) in [5.74, 6) is 1.56. The summed E-state index contributed by atoms with van der Waals surface area (Å²) in [7, 11) is 1.00. The molecule has 0 spiro atoms. The molecule has 0 bridgehead atoms. The summed E-state index contributed by atoms with van der Waals surface area (Å²) in [5, 5.41) is 14.3. The fourth-order valence-corrected chi connectivity index (χ4v) is 4.02. The lowest BCUT2D eigenvalue weighted by Gasteiger charge is -2.18. The van der Waals surface area contributed by atoms with Crippen LogP contribution in [0.4, 0.5) is 0 Å². The van der Waals surface area contributed by atoms with Crippen LogP contribution in [-0.2, 0) is 11.2 Å². The molecular weight excluding hydrogens is 430 g/mol. The number of carbonyl (C=O) groups excluding carboxylic acids is 1. The molecule has 34 heavy (non-hydrogen) atoms. The zero-order valence-electron chi connectivity index (χ0n) is 22.2. The van der Waals surface area contributed by atoms with Gasteiger partial charge in [0.2, 0.25) is 12.4 Å². The number of hydrogen-bond donors (Lipinski definition) is 3. The minimum Gasteiger partial charge on any atom is -0.400 e. The first-order valence-corrected chi connectivity index (χ1v) is 12.6.